The van der Waals surface area contributed by atoms with Crippen LogP contribution in [-0.4, -0.2) is 70.3 Å². The molecule has 1 amide bonds. The Morgan fingerprint density at radius 2 is 1.65 bits per heavy atom. The zero-order chi connectivity index (χ0) is 24.7. The van der Waals surface area contributed by atoms with E-state index in [9.17, 15) is 21.6 Å². The van der Waals surface area contributed by atoms with Crippen LogP contribution in [0.4, 0.5) is 4.79 Å². The first kappa shape index (κ1) is 24.7. The summed E-state index contributed by atoms with van der Waals surface area (Å²) in [4.78, 5) is 16.3. The number of sulfone groups is 2. The number of rotatable bonds is 4. The lowest BCUT2D eigenvalue weighted by atomic mass is 10.0. The zero-order valence-electron chi connectivity index (χ0n) is 19.6. The van der Waals surface area contributed by atoms with Crippen molar-refractivity contribution in [3.63, 3.8) is 0 Å². The van der Waals surface area contributed by atoms with Gasteiger partial charge in [-0.25, -0.2) is 21.6 Å². The van der Waals surface area contributed by atoms with E-state index in [4.69, 9.17) is 4.74 Å². The van der Waals surface area contributed by atoms with Gasteiger partial charge in [-0.3, -0.25) is 4.90 Å². The summed E-state index contributed by atoms with van der Waals surface area (Å²) < 4.78 is 58.1. The van der Waals surface area contributed by atoms with E-state index in [1.165, 1.54) is 18.2 Å². The van der Waals surface area contributed by atoms with Crippen molar-refractivity contribution in [1.82, 2.24) is 9.80 Å². The summed E-state index contributed by atoms with van der Waals surface area (Å²) >= 11 is 0. The van der Waals surface area contributed by atoms with Gasteiger partial charge in [-0.05, 0) is 50.1 Å². The van der Waals surface area contributed by atoms with Crippen molar-refractivity contribution in [2.45, 2.75) is 48.0 Å². The molecule has 0 N–H and O–H groups in total. The van der Waals surface area contributed by atoms with Crippen molar-refractivity contribution in [2.75, 3.05) is 31.9 Å². The van der Waals surface area contributed by atoms with Crippen LogP contribution in [0.15, 0.2) is 58.3 Å². The van der Waals surface area contributed by atoms with Gasteiger partial charge < -0.3 is 9.64 Å². The highest BCUT2D eigenvalue weighted by molar-refractivity contribution is 7.96. The molecule has 2 aliphatic rings. The van der Waals surface area contributed by atoms with Crippen LogP contribution in [0.2, 0.25) is 0 Å². The number of hydrogen-bond donors (Lipinski definition) is 0. The molecule has 0 aromatic heterocycles. The Balaban J connectivity index is 1.57. The summed E-state index contributed by atoms with van der Waals surface area (Å²) in [6.07, 6.45) is -0.354. The van der Waals surface area contributed by atoms with Crippen molar-refractivity contribution in [2.24, 2.45) is 0 Å². The number of fused-ring (bicyclic) bond motifs is 1. The predicted octanol–water partition coefficient (Wildman–Crippen LogP) is 3.04. The second-order valence-corrected chi connectivity index (χ2v) is 13.8. The van der Waals surface area contributed by atoms with E-state index in [2.05, 4.69) is 4.90 Å². The maximum atomic E-state index is 13.4. The van der Waals surface area contributed by atoms with E-state index in [1.807, 2.05) is 20.8 Å². The van der Waals surface area contributed by atoms with E-state index in [0.29, 0.717) is 43.9 Å². The second kappa shape index (κ2) is 8.98. The first-order chi connectivity index (χ1) is 15.9. The van der Waals surface area contributed by atoms with Crippen LogP contribution in [0.5, 0.6) is 0 Å². The first-order valence-corrected chi connectivity index (χ1v) is 14.4. The molecule has 1 atom stereocenters. The van der Waals surface area contributed by atoms with Crippen LogP contribution in [0.1, 0.15) is 37.1 Å². The largest absolute Gasteiger partial charge is 0.444 e. The third-order valence-electron chi connectivity index (χ3n) is 6.05. The average Bonchev–Trinajstić information content (AvgIpc) is 3.06. The third kappa shape index (κ3) is 4.99. The van der Waals surface area contributed by atoms with Gasteiger partial charge in [-0.15, -0.1) is 0 Å². The molecule has 10 heteroatoms. The number of hydrogen-bond acceptors (Lipinski definition) is 7. The maximum absolute atomic E-state index is 13.4. The van der Waals surface area contributed by atoms with Crippen LogP contribution in [0, 0.1) is 0 Å². The normalized spacial score (nSPS) is 20.7. The van der Waals surface area contributed by atoms with Crippen LogP contribution < -0.4 is 0 Å². The maximum Gasteiger partial charge on any atom is 0.410 e. The average molecular weight is 507 g/mol. The molecule has 2 aliphatic heterocycles. The molecular formula is C24H30N2O6S2. The van der Waals surface area contributed by atoms with Crippen LogP contribution in [-0.2, 0) is 31.0 Å². The van der Waals surface area contributed by atoms with Gasteiger partial charge in [0, 0.05) is 32.7 Å². The molecule has 0 spiro atoms. The molecule has 1 saturated heterocycles. The monoisotopic (exact) mass is 506 g/mol. The van der Waals surface area contributed by atoms with Crippen LogP contribution in [0.25, 0.3) is 0 Å². The van der Waals surface area contributed by atoms with Gasteiger partial charge in [0.25, 0.3) is 0 Å². The van der Waals surface area contributed by atoms with E-state index in [0.717, 1.165) is 0 Å². The SMILES string of the molecule is CC(C)(C)OC(=O)N1CCN(Cc2cccc3c2C(S(=O)(=O)c2ccccc2)CS3(=O)=O)CC1. The number of carbonyl (C=O) groups is 1. The molecule has 2 heterocycles. The minimum atomic E-state index is -3.89. The Labute approximate surface area is 201 Å². The Morgan fingerprint density at radius 3 is 2.26 bits per heavy atom. The molecule has 34 heavy (non-hydrogen) atoms. The summed E-state index contributed by atoms with van der Waals surface area (Å²) in [5, 5.41) is -1.14. The second-order valence-electron chi connectivity index (χ2n) is 9.70. The molecule has 0 radical (unpaired) electrons. The van der Waals surface area contributed by atoms with Gasteiger partial charge in [0.1, 0.15) is 10.9 Å². The summed E-state index contributed by atoms with van der Waals surface area (Å²) in [6.45, 7) is 7.99. The smallest absolute Gasteiger partial charge is 0.410 e. The van der Waals surface area contributed by atoms with Gasteiger partial charge in [-0.1, -0.05) is 30.3 Å². The molecule has 1 fully saturated rings. The fraction of sp³-hybridized carbons (Fsp3) is 0.458. The van der Waals surface area contributed by atoms with E-state index in [-0.39, 0.29) is 15.9 Å². The Bertz CT molecular complexity index is 1280. The summed E-state index contributed by atoms with van der Waals surface area (Å²) in [6, 6.07) is 12.9. The number of benzene rings is 2. The molecule has 0 aliphatic carbocycles. The van der Waals surface area contributed by atoms with E-state index < -0.39 is 36.3 Å². The lowest BCUT2D eigenvalue weighted by molar-refractivity contribution is 0.0138. The van der Waals surface area contributed by atoms with Gasteiger partial charge in [0.15, 0.2) is 19.7 Å². The fourth-order valence-electron chi connectivity index (χ4n) is 4.41. The Kier molecular flexibility index (Phi) is 6.52. The van der Waals surface area contributed by atoms with Crippen molar-refractivity contribution in [3.8, 4) is 0 Å². The Hall–Kier alpha value is -2.43. The van der Waals surface area contributed by atoms with Crippen LogP contribution >= 0.6 is 0 Å². The van der Waals surface area contributed by atoms with Crippen molar-refractivity contribution >= 4 is 25.8 Å². The minimum Gasteiger partial charge on any atom is -0.444 e. The first-order valence-electron chi connectivity index (χ1n) is 11.2. The zero-order valence-corrected chi connectivity index (χ0v) is 21.2. The Morgan fingerprint density at radius 1 is 1.00 bits per heavy atom. The molecule has 2 aromatic carbocycles. The summed E-state index contributed by atoms with van der Waals surface area (Å²) in [7, 11) is -7.60. The van der Waals surface area contributed by atoms with Crippen molar-refractivity contribution in [1.29, 1.82) is 0 Å². The summed E-state index contributed by atoms with van der Waals surface area (Å²) in [5.74, 6) is -0.455. The molecule has 0 saturated carbocycles. The summed E-state index contributed by atoms with van der Waals surface area (Å²) in [5.41, 5.74) is 0.499. The molecule has 184 valence electrons. The molecule has 0 bridgehead atoms. The van der Waals surface area contributed by atoms with Gasteiger partial charge in [0.05, 0.1) is 15.5 Å². The van der Waals surface area contributed by atoms with Crippen molar-refractivity contribution in [3.05, 3.63) is 59.7 Å². The highest BCUT2D eigenvalue weighted by Gasteiger charge is 2.44. The lowest BCUT2D eigenvalue weighted by Crippen LogP contribution is -2.49. The number of piperazine rings is 1. The standard InChI is InChI=1S/C24H30N2O6S2/c1-24(2,3)32-23(27)26-14-12-25(13-15-26)16-18-8-7-11-20-22(18)21(17-33(20,28)29)34(30,31)19-9-5-4-6-10-19/h4-11,21H,12-17H2,1-3H3. The number of amides is 1. The number of nitrogens with zero attached hydrogens (tertiary/aromatic N) is 2. The topological polar surface area (TPSA) is 101 Å². The van der Waals surface area contributed by atoms with E-state index >= 15 is 0 Å². The lowest BCUT2D eigenvalue weighted by Gasteiger charge is -2.36. The molecular weight excluding hydrogens is 476 g/mol. The van der Waals surface area contributed by atoms with E-state index in [1.54, 1.807) is 35.2 Å². The third-order valence-corrected chi connectivity index (χ3v) is 10.1. The number of carbonyl (C=O) groups excluding carboxylic acids is 1. The highest BCUT2D eigenvalue weighted by atomic mass is 32.2. The molecule has 8 nitrogen and oxygen atoms in total. The molecule has 1 unspecified atom stereocenters. The predicted molar refractivity (Wildman–Crippen MR) is 128 cm³/mol. The van der Waals surface area contributed by atoms with Crippen molar-refractivity contribution < 1.29 is 26.4 Å². The molecule has 2 aromatic rings. The quantitative estimate of drug-likeness (QED) is 0.628. The molecule has 4 rings (SSSR count). The number of ether oxygens (including phenoxy) is 1. The fourth-order valence-corrected chi connectivity index (χ4v) is 8.83. The minimum absolute atomic E-state index is 0.0990. The van der Waals surface area contributed by atoms with Gasteiger partial charge in [-0.2, -0.15) is 0 Å². The van der Waals surface area contributed by atoms with Crippen LogP contribution in [0.3, 0.4) is 0 Å². The van der Waals surface area contributed by atoms with Gasteiger partial charge >= 0.3 is 6.09 Å². The van der Waals surface area contributed by atoms with Gasteiger partial charge in [0.2, 0.25) is 0 Å². The highest BCUT2D eigenvalue weighted by Crippen LogP contribution is 2.43.